The molecule has 28 heavy (non-hydrogen) atoms. The molecule has 3 aromatic carbocycles. The molecule has 0 aliphatic rings. The van der Waals surface area contributed by atoms with Crippen molar-refractivity contribution in [2.45, 2.75) is 33.1 Å². The van der Waals surface area contributed by atoms with Gasteiger partial charge in [-0.05, 0) is 47.7 Å². The Morgan fingerprint density at radius 3 is 2.21 bits per heavy atom. The van der Waals surface area contributed by atoms with Crippen LogP contribution in [0.5, 0.6) is 5.75 Å². The van der Waals surface area contributed by atoms with E-state index in [1.54, 1.807) is 12.1 Å². The zero-order chi connectivity index (χ0) is 19.9. The molecule has 0 saturated carbocycles. The number of hydrogen-bond acceptors (Lipinski definition) is 2. The van der Waals surface area contributed by atoms with E-state index in [0.29, 0.717) is 17.2 Å². The Morgan fingerprint density at radius 1 is 0.893 bits per heavy atom. The largest absolute Gasteiger partial charge is 0.417 e. The molecule has 0 unspecified atom stereocenters. The van der Waals surface area contributed by atoms with Gasteiger partial charge >= 0.3 is 6.09 Å². The van der Waals surface area contributed by atoms with Gasteiger partial charge in [-0.3, -0.25) is 5.32 Å². The fourth-order valence-corrected chi connectivity index (χ4v) is 3.43. The van der Waals surface area contributed by atoms with Crippen LogP contribution in [-0.4, -0.2) is 6.09 Å². The van der Waals surface area contributed by atoms with E-state index in [-0.39, 0.29) is 0 Å². The maximum atomic E-state index is 12.6. The first-order chi connectivity index (χ1) is 13.6. The maximum absolute atomic E-state index is 12.6. The Labute approximate surface area is 171 Å². The lowest BCUT2D eigenvalue weighted by Crippen LogP contribution is -2.19. The van der Waals surface area contributed by atoms with Crippen molar-refractivity contribution in [1.29, 1.82) is 0 Å². The summed E-state index contributed by atoms with van der Waals surface area (Å²) in [4.78, 5) is 12.6. The van der Waals surface area contributed by atoms with Gasteiger partial charge in [0.05, 0.1) is 5.69 Å². The van der Waals surface area contributed by atoms with Gasteiger partial charge in [0.2, 0.25) is 0 Å². The number of aryl methyl sites for hydroxylation is 2. The molecule has 3 rings (SSSR count). The van der Waals surface area contributed by atoms with Crippen LogP contribution < -0.4 is 10.1 Å². The molecule has 0 atom stereocenters. The van der Waals surface area contributed by atoms with Crippen molar-refractivity contribution in [3.05, 3.63) is 94.0 Å². The molecule has 0 aliphatic heterocycles. The summed E-state index contributed by atoms with van der Waals surface area (Å²) in [6.07, 6.45) is 1.82. The molecular formula is C24H24ClNO2. The Hall–Kier alpha value is -2.78. The number of nitrogens with one attached hydrogen (secondary N) is 1. The summed E-state index contributed by atoms with van der Waals surface area (Å²) in [5.74, 6) is 0.512. The maximum Gasteiger partial charge on any atom is 0.417 e. The number of ether oxygens (including phenoxy) is 1. The smallest absolute Gasteiger partial charge is 0.410 e. The third-order valence-corrected chi connectivity index (χ3v) is 4.92. The van der Waals surface area contributed by atoms with E-state index in [0.717, 1.165) is 40.8 Å². The van der Waals surface area contributed by atoms with E-state index in [1.165, 1.54) is 0 Å². The number of hydrogen-bond donors (Lipinski definition) is 1. The first-order valence-electron chi connectivity index (χ1n) is 9.52. The Kier molecular flexibility index (Phi) is 6.72. The molecule has 0 fully saturated rings. The predicted molar refractivity (Wildman–Crippen MR) is 116 cm³/mol. The molecule has 1 amide bonds. The van der Waals surface area contributed by atoms with E-state index >= 15 is 0 Å². The molecule has 1 N–H and O–H groups in total. The van der Waals surface area contributed by atoms with Crippen LogP contribution in [-0.2, 0) is 19.3 Å². The van der Waals surface area contributed by atoms with E-state index in [1.807, 2.05) is 54.6 Å². The van der Waals surface area contributed by atoms with Crippen LogP contribution in [0.15, 0.2) is 66.7 Å². The van der Waals surface area contributed by atoms with Crippen LogP contribution in [0.3, 0.4) is 0 Å². The molecule has 0 spiro atoms. The van der Waals surface area contributed by atoms with Gasteiger partial charge in [0.15, 0.2) is 0 Å². The number of anilines is 1. The van der Waals surface area contributed by atoms with Crippen molar-refractivity contribution in [2.24, 2.45) is 0 Å². The van der Waals surface area contributed by atoms with Gasteiger partial charge in [-0.15, -0.1) is 0 Å². The second-order valence-electron chi connectivity index (χ2n) is 6.59. The van der Waals surface area contributed by atoms with Crippen LogP contribution in [0.1, 0.15) is 36.1 Å². The summed E-state index contributed by atoms with van der Waals surface area (Å²) in [5, 5.41) is 3.56. The molecule has 0 aromatic heterocycles. The van der Waals surface area contributed by atoms with Crippen LogP contribution in [0, 0.1) is 0 Å². The van der Waals surface area contributed by atoms with E-state index in [2.05, 4.69) is 19.2 Å². The van der Waals surface area contributed by atoms with Gasteiger partial charge in [0.1, 0.15) is 5.75 Å². The van der Waals surface area contributed by atoms with Gasteiger partial charge in [0, 0.05) is 17.0 Å². The highest BCUT2D eigenvalue weighted by Crippen LogP contribution is 2.27. The minimum atomic E-state index is -0.493. The van der Waals surface area contributed by atoms with Gasteiger partial charge < -0.3 is 4.74 Å². The third-order valence-electron chi connectivity index (χ3n) is 4.69. The highest BCUT2D eigenvalue weighted by Gasteiger charge is 2.14. The zero-order valence-corrected chi connectivity index (χ0v) is 16.9. The Morgan fingerprint density at radius 2 is 1.57 bits per heavy atom. The molecular weight excluding hydrogens is 370 g/mol. The molecule has 3 nitrogen and oxygen atoms in total. The van der Waals surface area contributed by atoms with Gasteiger partial charge in [-0.2, -0.15) is 0 Å². The standard InChI is InChI=1S/C24H24ClNO2/c1-3-18-11-8-12-19(4-2)23(18)26-24(27)28-22-14-13-21(25)16-20(22)15-17-9-6-5-7-10-17/h5-14,16H,3-4,15H2,1-2H3,(H,26,27). The summed E-state index contributed by atoms with van der Waals surface area (Å²) in [7, 11) is 0. The van der Waals surface area contributed by atoms with Crippen molar-refractivity contribution in [2.75, 3.05) is 5.32 Å². The van der Waals surface area contributed by atoms with Crippen LogP contribution in [0.2, 0.25) is 5.02 Å². The lowest BCUT2D eigenvalue weighted by Gasteiger charge is -2.16. The topological polar surface area (TPSA) is 38.3 Å². The van der Waals surface area contributed by atoms with Crippen LogP contribution >= 0.6 is 11.6 Å². The number of benzene rings is 3. The number of para-hydroxylation sites is 1. The van der Waals surface area contributed by atoms with Crippen molar-refractivity contribution in [3.8, 4) is 5.75 Å². The average Bonchev–Trinajstić information content (AvgIpc) is 2.71. The van der Waals surface area contributed by atoms with Crippen LogP contribution in [0.4, 0.5) is 10.5 Å². The van der Waals surface area contributed by atoms with Crippen molar-refractivity contribution >= 4 is 23.4 Å². The average molecular weight is 394 g/mol. The Balaban J connectivity index is 1.82. The number of rotatable bonds is 6. The molecule has 3 aromatic rings. The molecule has 4 heteroatoms. The quantitative estimate of drug-likeness (QED) is 0.508. The van der Waals surface area contributed by atoms with Gasteiger partial charge in [-0.25, -0.2) is 4.79 Å². The first-order valence-corrected chi connectivity index (χ1v) is 9.90. The van der Waals surface area contributed by atoms with Crippen LogP contribution in [0.25, 0.3) is 0 Å². The number of carbonyl (C=O) groups excluding carboxylic acids is 1. The highest BCUT2D eigenvalue weighted by molar-refractivity contribution is 6.30. The van der Waals surface area contributed by atoms with E-state index in [4.69, 9.17) is 16.3 Å². The van der Waals surface area contributed by atoms with Gasteiger partial charge in [-0.1, -0.05) is 74.0 Å². The second-order valence-corrected chi connectivity index (χ2v) is 7.02. The third kappa shape index (κ3) is 4.93. The summed E-state index contributed by atoms with van der Waals surface area (Å²) < 4.78 is 5.67. The molecule has 0 aliphatic carbocycles. The number of amides is 1. The summed E-state index contributed by atoms with van der Waals surface area (Å²) >= 11 is 6.17. The molecule has 0 saturated heterocycles. The van der Waals surface area contributed by atoms with E-state index in [9.17, 15) is 4.79 Å². The lowest BCUT2D eigenvalue weighted by molar-refractivity contribution is 0.214. The minimum absolute atomic E-state index is 0.493. The van der Waals surface area contributed by atoms with Crippen molar-refractivity contribution in [1.82, 2.24) is 0 Å². The first kappa shape index (κ1) is 20.0. The normalized spacial score (nSPS) is 10.5. The zero-order valence-electron chi connectivity index (χ0n) is 16.2. The second kappa shape index (κ2) is 9.43. The number of carbonyl (C=O) groups is 1. The fourth-order valence-electron chi connectivity index (χ4n) is 3.23. The lowest BCUT2D eigenvalue weighted by atomic mass is 10.0. The SMILES string of the molecule is CCc1cccc(CC)c1NC(=O)Oc1ccc(Cl)cc1Cc1ccccc1. The predicted octanol–water partition coefficient (Wildman–Crippen LogP) is 6.67. The van der Waals surface area contributed by atoms with Crippen molar-refractivity contribution in [3.63, 3.8) is 0 Å². The summed E-state index contributed by atoms with van der Waals surface area (Å²) in [6, 6.07) is 21.4. The molecule has 0 heterocycles. The summed E-state index contributed by atoms with van der Waals surface area (Å²) in [6.45, 7) is 4.14. The fraction of sp³-hybridized carbons (Fsp3) is 0.208. The minimum Gasteiger partial charge on any atom is -0.410 e. The molecule has 0 radical (unpaired) electrons. The Bertz CT molecular complexity index is 932. The molecule has 0 bridgehead atoms. The van der Waals surface area contributed by atoms with E-state index < -0.39 is 6.09 Å². The van der Waals surface area contributed by atoms with Gasteiger partial charge in [0.25, 0.3) is 0 Å². The highest BCUT2D eigenvalue weighted by atomic mass is 35.5. The number of halogens is 1. The van der Waals surface area contributed by atoms with Crippen molar-refractivity contribution < 1.29 is 9.53 Å². The summed E-state index contributed by atoms with van der Waals surface area (Å²) in [5.41, 5.74) is 5.03. The molecule has 144 valence electrons. The monoisotopic (exact) mass is 393 g/mol.